The Hall–Kier alpha value is -2.31. The smallest absolute Gasteiger partial charge is 0.277 e. The number of halogens is 1. The summed E-state index contributed by atoms with van der Waals surface area (Å²) >= 11 is 3.52. The van der Waals surface area contributed by atoms with Crippen molar-refractivity contribution < 1.29 is 12.8 Å². The number of anilines is 1. The van der Waals surface area contributed by atoms with E-state index in [-0.39, 0.29) is 4.90 Å². The predicted molar refractivity (Wildman–Crippen MR) is 132 cm³/mol. The summed E-state index contributed by atoms with van der Waals surface area (Å²) in [6, 6.07) is 12.6. The highest BCUT2D eigenvalue weighted by molar-refractivity contribution is 9.10. The summed E-state index contributed by atoms with van der Waals surface area (Å²) < 4.78 is 34.5. The third-order valence-electron chi connectivity index (χ3n) is 6.28. The Balaban J connectivity index is 1.39. The van der Waals surface area contributed by atoms with E-state index in [4.69, 9.17) is 4.42 Å². The summed E-state index contributed by atoms with van der Waals surface area (Å²) in [5.74, 6) is 0.940. The van der Waals surface area contributed by atoms with E-state index < -0.39 is 10.0 Å². The van der Waals surface area contributed by atoms with Crippen LogP contribution in [0.2, 0.25) is 0 Å². The van der Waals surface area contributed by atoms with Gasteiger partial charge in [0.25, 0.3) is 10.0 Å². The van der Waals surface area contributed by atoms with Crippen molar-refractivity contribution in [1.82, 2.24) is 25.4 Å². The van der Waals surface area contributed by atoms with Crippen LogP contribution < -0.4 is 9.84 Å². The zero-order valence-corrected chi connectivity index (χ0v) is 21.5. The van der Waals surface area contributed by atoms with E-state index >= 15 is 0 Å². The Morgan fingerprint density at radius 2 is 1.82 bits per heavy atom. The molecule has 11 heteroatoms. The maximum Gasteiger partial charge on any atom is 0.277 e. The second-order valence-corrected chi connectivity index (χ2v) is 11.5. The topological polar surface area (TPSA) is 94.8 Å². The van der Waals surface area contributed by atoms with Crippen molar-refractivity contribution >= 4 is 31.6 Å². The lowest BCUT2D eigenvalue weighted by atomic mass is 10.1. The number of hydrogen-bond donors (Lipinski definition) is 1. The molecule has 1 fully saturated rings. The second-order valence-electron chi connectivity index (χ2n) is 8.78. The van der Waals surface area contributed by atoms with Crippen LogP contribution in [0.1, 0.15) is 25.3 Å². The van der Waals surface area contributed by atoms with Crippen molar-refractivity contribution in [3.63, 3.8) is 0 Å². The molecule has 1 aromatic heterocycles. The first-order valence-electron chi connectivity index (χ1n) is 11.3. The molecule has 180 valence electrons. The number of hydrogen-bond acceptors (Lipinski definition) is 8. The molecule has 5 rings (SSSR count). The summed E-state index contributed by atoms with van der Waals surface area (Å²) in [4.78, 5) is 4.99. The minimum atomic E-state index is -3.77. The fourth-order valence-corrected chi connectivity index (χ4v) is 6.20. The van der Waals surface area contributed by atoms with Crippen LogP contribution in [-0.4, -0.2) is 60.6 Å². The Kier molecular flexibility index (Phi) is 6.47. The molecule has 0 bridgehead atoms. The van der Waals surface area contributed by atoms with Crippen LogP contribution in [0, 0.1) is 0 Å². The highest BCUT2D eigenvalue weighted by atomic mass is 79.9. The van der Waals surface area contributed by atoms with Gasteiger partial charge in [0, 0.05) is 54.4 Å². The first kappa shape index (κ1) is 23.4. The number of aromatic nitrogens is 2. The molecule has 0 spiro atoms. The molecule has 0 unspecified atom stereocenters. The van der Waals surface area contributed by atoms with Crippen LogP contribution in [0.4, 0.5) is 5.69 Å². The fraction of sp³-hybridized carbons (Fsp3) is 0.391. The normalized spacial score (nSPS) is 17.5. The van der Waals surface area contributed by atoms with Gasteiger partial charge in [-0.1, -0.05) is 34.1 Å². The largest absolute Gasteiger partial charge is 0.419 e. The zero-order valence-electron chi connectivity index (χ0n) is 19.1. The molecule has 0 amide bonds. The van der Waals surface area contributed by atoms with Crippen LogP contribution in [0.5, 0.6) is 0 Å². The number of hydrazine groups is 1. The van der Waals surface area contributed by atoms with Crippen LogP contribution >= 0.6 is 15.9 Å². The molecule has 2 aliphatic rings. The standard InChI is InChI=1S/C23H27BrN6O3S/c1-16(2)29-10-8-28(9-11-29)15-22-26-27-23(33-22)19-12-17(24)13-21-20(19)14-25-30(21)34(31,32)18-6-4-3-5-7-18/h3-7,12-13,16,25H,8-11,14-15H2,1-2H3. The third kappa shape index (κ3) is 4.50. The van der Waals surface area contributed by atoms with E-state index in [1.165, 1.54) is 4.41 Å². The number of nitrogens with zero attached hydrogens (tertiary/aromatic N) is 5. The molecule has 0 atom stereocenters. The summed E-state index contributed by atoms with van der Waals surface area (Å²) in [5, 5.41) is 8.56. The molecule has 1 saturated heterocycles. The summed E-state index contributed by atoms with van der Waals surface area (Å²) in [6.07, 6.45) is 0. The quantitative estimate of drug-likeness (QED) is 0.503. The van der Waals surface area contributed by atoms with Gasteiger partial charge < -0.3 is 4.42 Å². The van der Waals surface area contributed by atoms with Crippen LogP contribution in [0.25, 0.3) is 11.5 Å². The van der Waals surface area contributed by atoms with Crippen LogP contribution in [-0.2, 0) is 23.1 Å². The highest BCUT2D eigenvalue weighted by Crippen LogP contribution is 2.39. The van der Waals surface area contributed by atoms with Crippen molar-refractivity contribution in [2.24, 2.45) is 0 Å². The minimum absolute atomic E-state index is 0.217. The van der Waals surface area contributed by atoms with Gasteiger partial charge in [-0.15, -0.1) is 10.2 Å². The van der Waals surface area contributed by atoms with Gasteiger partial charge in [0.1, 0.15) is 0 Å². The lowest BCUT2D eigenvalue weighted by Crippen LogP contribution is -2.48. The Morgan fingerprint density at radius 1 is 1.09 bits per heavy atom. The molecule has 0 aliphatic carbocycles. The summed E-state index contributed by atoms with van der Waals surface area (Å²) in [7, 11) is -3.77. The maximum absolute atomic E-state index is 13.2. The molecule has 3 heterocycles. The molecular weight excluding hydrogens is 520 g/mol. The van der Waals surface area contributed by atoms with Crippen molar-refractivity contribution in [3.8, 4) is 11.5 Å². The molecule has 9 nitrogen and oxygen atoms in total. The lowest BCUT2D eigenvalue weighted by Gasteiger charge is -2.36. The van der Waals surface area contributed by atoms with Crippen LogP contribution in [0.15, 0.2) is 56.2 Å². The van der Waals surface area contributed by atoms with E-state index in [0.717, 1.165) is 36.2 Å². The predicted octanol–water partition coefficient (Wildman–Crippen LogP) is 3.24. The average Bonchev–Trinajstić information content (AvgIpc) is 3.47. The van der Waals surface area contributed by atoms with Gasteiger partial charge in [-0.05, 0) is 38.1 Å². The molecular formula is C23H27BrN6O3S. The van der Waals surface area contributed by atoms with Crippen molar-refractivity contribution in [2.75, 3.05) is 30.6 Å². The third-order valence-corrected chi connectivity index (χ3v) is 8.42. The Labute approximate surface area is 207 Å². The van der Waals surface area contributed by atoms with Crippen molar-refractivity contribution in [2.45, 2.75) is 37.9 Å². The van der Waals surface area contributed by atoms with E-state index in [9.17, 15) is 8.42 Å². The van der Waals surface area contributed by atoms with Gasteiger partial charge in [0.15, 0.2) is 0 Å². The van der Waals surface area contributed by atoms with Gasteiger partial charge in [-0.25, -0.2) is 5.43 Å². The number of piperazine rings is 1. The van der Waals surface area contributed by atoms with E-state index in [1.54, 1.807) is 36.4 Å². The molecule has 2 aromatic carbocycles. The number of benzene rings is 2. The lowest BCUT2D eigenvalue weighted by molar-refractivity contribution is 0.0979. The minimum Gasteiger partial charge on any atom is -0.419 e. The van der Waals surface area contributed by atoms with Gasteiger partial charge >= 0.3 is 0 Å². The molecule has 1 N–H and O–H groups in total. The highest BCUT2D eigenvalue weighted by Gasteiger charge is 2.34. The number of fused-ring (bicyclic) bond motifs is 1. The van der Waals surface area contributed by atoms with Gasteiger partial charge in [-0.2, -0.15) is 12.8 Å². The maximum atomic E-state index is 13.2. The van der Waals surface area contributed by atoms with Gasteiger partial charge in [0.2, 0.25) is 11.8 Å². The molecule has 0 saturated carbocycles. The van der Waals surface area contributed by atoms with Gasteiger partial charge in [-0.3, -0.25) is 9.80 Å². The number of sulfonamides is 1. The van der Waals surface area contributed by atoms with E-state index in [1.807, 2.05) is 6.07 Å². The summed E-state index contributed by atoms with van der Waals surface area (Å²) in [6.45, 7) is 9.33. The Morgan fingerprint density at radius 3 is 2.53 bits per heavy atom. The summed E-state index contributed by atoms with van der Waals surface area (Å²) in [5.41, 5.74) is 5.05. The van der Waals surface area contributed by atoms with Crippen LogP contribution in [0.3, 0.4) is 0 Å². The monoisotopic (exact) mass is 546 g/mol. The van der Waals surface area contributed by atoms with Crippen molar-refractivity contribution in [1.29, 1.82) is 0 Å². The van der Waals surface area contributed by atoms with Crippen molar-refractivity contribution in [3.05, 3.63) is 58.4 Å². The molecule has 34 heavy (non-hydrogen) atoms. The van der Waals surface area contributed by atoms with E-state index in [0.29, 0.717) is 42.2 Å². The SMILES string of the molecule is CC(C)N1CCN(Cc2nnc(-c3cc(Br)cc4c3CNN4S(=O)(=O)c3ccccc3)o2)CC1. The number of rotatable bonds is 6. The van der Waals surface area contributed by atoms with Gasteiger partial charge in [0.05, 0.1) is 17.1 Å². The Bertz CT molecular complexity index is 1270. The first-order chi connectivity index (χ1) is 16.3. The number of nitrogens with one attached hydrogen (secondary N) is 1. The molecule has 0 radical (unpaired) electrons. The second kappa shape index (κ2) is 9.38. The zero-order chi connectivity index (χ0) is 23.9. The fourth-order valence-electron chi connectivity index (χ4n) is 4.38. The first-order valence-corrected chi connectivity index (χ1v) is 13.5. The average molecular weight is 547 g/mol. The molecule has 3 aromatic rings. The molecule has 2 aliphatic heterocycles. The van der Waals surface area contributed by atoms with E-state index in [2.05, 4.69) is 55.2 Å².